The summed E-state index contributed by atoms with van der Waals surface area (Å²) in [6.07, 6.45) is 1.74. The highest BCUT2D eigenvalue weighted by Crippen LogP contribution is 2.35. The van der Waals surface area contributed by atoms with Crippen LogP contribution in [0.4, 0.5) is 4.39 Å². The predicted octanol–water partition coefficient (Wildman–Crippen LogP) is 2.50. The standard InChI is InChI=1S/C23H20FN5O4/c1-26-20-19(21(30)27(2)23(26)31)28-12-17(13-5-7-14(24)8-6-13)29(22(28)25-20)16-10-9-15(32-3)11-18(16)33-4/h5-12H,1-4H3. The summed E-state index contributed by atoms with van der Waals surface area (Å²) in [7, 11) is 6.09. The number of hydrogen-bond acceptors (Lipinski definition) is 5. The van der Waals surface area contributed by atoms with E-state index < -0.39 is 11.2 Å². The predicted molar refractivity (Wildman–Crippen MR) is 121 cm³/mol. The highest BCUT2D eigenvalue weighted by Gasteiger charge is 2.23. The van der Waals surface area contributed by atoms with Gasteiger partial charge in [-0.25, -0.2) is 9.18 Å². The molecule has 0 N–H and O–H groups in total. The molecule has 0 aliphatic heterocycles. The van der Waals surface area contributed by atoms with Gasteiger partial charge in [0, 0.05) is 31.9 Å². The van der Waals surface area contributed by atoms with Gasteiger partial charge in [-0.3, -0.25) is 22.9 Å². The van der Waals surface area contributed by atoms with Gasteiger partial charge in [-0.05, 0) is 36.4 Å². The average Bonchev–Trinajstić information content (AvgIpc) is 3.38. The number of imidazole rings is 2. The molecule has 0 unspecified atom stereocenters. The van der Waals surface area contributed by atoms with Crippen LogP contribution in [0.2, 0.25) is 0 Å². The lowest BCUT2D eigenvalue weighted by Crippen LogP contribution is -2.37. The molecule has 0 atom stereocenters. The lowest BCUT2D eigenvalue weighted by atomic mass is 10.1. The number of methoxy groups -OCH3 is 2. The number of fused-ring (bicyclic) bond motifs is 3. The molecule has 10 heteroatoms. The van der Waals surface area contributed by atoms with E-state index in [9.17, 15) is 14.0 Å². The van der Waals surface area contributed by atoms with Crippen LogP contribution in [0.25, 0.3) is 33.9 Å². The first-order valence-corrected chi connectivity index (χ1v) is 10.0. The first kappa shape index (κ1) is 20.6. The van der Waals surface area contributed by atoms with E-state index in [0.717, 1.165) is 4.57 Å². The number of aryl methyl sites for hydroxylation is 1. The molecule has 0 bridgehead atoms. The van der Waals surface area contributed by atoms with Crippen molar-refractivity contribution in [2.75, 3.05) is 14.2 Å². The molecule has 0 radical (unpaired) electrons. The summed E-state index contributed by atoms with van der Waals surface area (Å²) >= 11 is 0. The zero-order chi connectivity index (χ0) is 23.4. The third-order valence-corrected chi connectivity index (χ3v) is 5.73. The van der Waals surface area contributed by atoms with Gasteiger partial charge in [0.15, 0.2) is 11.2 Å². The van der Waals surface area contributed by atoms with Gasteiger partial charge in [0.1, 0.15) is 17.3 Å². The summed E-state index contributed by atoms with van der Waals surface area (Å²) in [6, 6.07) is 11.3. The van der Waals surface area contributed by atoms with Crippen molar-refractivity contribution in [1.29, 1.82) is 0 Å². The first-order chi connectivity index (χ1) is 15.8. The molecule has 0 saturated heterocycles. The third kappa shape index (κ3) is 2.94. The van der Waals surface area contributed by atoms with Crippen molar-refractivity contribution in [2.45, 2.75) is 0 Å². The van der Waals surface area contributed by atoms with Gasteiger partial charge in [-0.2, -0.15) is 4.98 Å². The number of aromatic nitrogens is 5. The van der Waals surface area contributed by atoms with Gasteiger partial charge < -0.3 is 9.47 Å². The third-order valence-electron chi connectivity index (χ3n) is 5.73. The van der Waals surface area contributed by atoms with Crippen molar-refractivity contribution in [3.05, 3.63) is 75.3 Å². The summed E-state index contributed by atoms with van der Waals surface area (Å²) in [5.41, 5.74) is 1.55. The quantitative estimate of drug-likeness (QED) is 0.421. The molecule has 168 valence electrons. The van der Waals surface area contributed by atoms with Crippen molar-refractivity contribution in [2.24, 2.45) is 14.1 Å². The highest BCUT2D eigenvalue weighted by molar-refractivity contribution is 5.80. The van der Waals surface area contributed by atoms with Crippen molar-refractivity contribution in [1.82, 2.24) is 23.1 Å². The summed E-state index contributed by atoms with van der Waals surface area (Å²) in [5.74, 6) is 1.14. The smallest absolute Gasteiger partial charge is 0.332 e. The highest BCUT2D eigenvalue weighted by atomic mass is 19.1. The van der Waals surface area contributed by atoms with Gasteiger partial charge in [0.2, 0.25) is 5.78 Å². The number of halogens is 1. The molecular formula is C23H20FN5O4. The Morgan fingerprint density at radius 3 is 2.33 bits per heavy atom. The van der Waals surface area contributed by atoms with E-state index in [0.29, 0.717) is 34.2 Å². The molecule has 0 aliphatic rings. The SMILES string of the molecule is COc1ccc(-n2c(-c3ccc(F)cc3)cn3c4c(=O)n(C)c(=O)n(C)c4nc23)c(OC)c1. The van der Waals surface area contributed by atoms with E-state index in [1.165, 1.54) is 30.9 Å². The fourth-order valence-electron chi connectivity index (χ4n) is 4.00. The topological polar surface area (TPSA) is 84.7 Å². The van der Waals surface area contributed by atoms with Crippen LogP contribution >= 0.6 is 0 Å². The Kier molecular flexibility index (Phi) is 4.59. The lowest BCUT2D eigenvalue weighted by molar-refractivity contribution is 0.393. The summed E-state index contributed by atoms with van der Waals surface area (Å²) in [6.45, 7) is 0. The molecule has 0 fully saturated rings. The summed E-state index contributed by atoms with van der Waals surface area (Å²) in [4.78, 5) is 30.1. The van der Waals surface area contributed by atoms with Crippen LogP contribution in [0.3, 0.4) is 0 Å². The second kappa shape index (κ2) is 7.37. The molecule has 5 rings (SSSR count). The molecule has 0 aliphatic carbocycles. The number of ether oxygens (including phenoxy) is 2. The zero-order valence-corrected chi connectivity index (χ0v) is 18.4. The van der Waals surface area contributed by atoms with E-state index in [1.54, 1.807) is 59.7 Å². The zero-order valence-electron chi connectivity index (χ0n) is 18.4. The number of benzene rings is 2. The molecular weight excluding hydrogens is 429 g/mol. The Hall–Kier alpha value is -4.34. The maximum atomic E-state index is 13.6. The van der Waals surface area contributed by atoms with E-state index in [1.807, 2.05) is 0 Å². The van der Waals surface area contributed by atoms with Crippen LogP contribution < -0.4 is 20.7 Å². The van der Waals surface area contributed by atoms with E-state index in [-0.39, 0.29) is 17.0 Å². The minimum absolute atomic E-state index is 0.254. The monoisotopic (exact) mass is 449 g/mol. The van der Waals surface area contributed by atoms with E-state index >= 15 is 0 Å². The van der Waals surface area contributed by atoms with Crippen molar-refractivity contribution >= 4 is 16.9 Å². The number of rotatable bonds is 4. The Morgan fingerprint density at radius 2 is 1.67 bits per heavy atom. The number of hydrogen-bond donors (Lipinski definition) is 0. The van der Waals surface area contributed by atoms with Crippen molar-refractivity contribution in [3.63, 3.8) is 0 Å². The van der Waals surface area contributed by atoms with Crippen LogP contribution in [0.5, 0.6) is 11.5 Å². The average molecular weight is 449 g/mol. The normalized spacial score (nSPS) is 11.4. The Morgan fingerprint density at radius 1 is 0.939 bits per heavy atom. The minimum atomic E-state index is -0.472. The van der Waals surface area contributed by atoms with Crippen LogP contribution in [0, 0.1) is 5.82 Å². The second-order valence-electron chi connectivity index (χ2n) is 7.55. The molecule has 3 aromatic heterocycles. The van der Waals surface area contributed by atoms with Crippen LogP contribution in [-0.4, -0.2) is 37.3 Å². The molecule has 33 heavy (non-hydrogen) atoms. The van der Waals surface area contributed by atoms with Gasteiger partial charge >= 0.3 is 5.69 Å². The van der Waals surface area contributed by atoms with Crippen LogP contribution in [0.15, 0.2) is 58.3 Å². The largest absolute Gasteiger partial charge is 0.497 e. The molecule has 5 aromatic rings. The van der Waals surface area contributed by atoms with E-state index in [2.05, 4.69) is 4.98 Å². The Labute approximate surface area is 186 Å². The first-order valence-electron chi connectivity index (χ1n) is 10.0. The van der Waals surface area contributed by atoms with Gasteiger partial charge in [0.25, 0.3) is 5.56 Å². The summed E-state index contributed by atoms with van der Waals surface area (Å²) < 4.78 is 30.4. The second-order valence-corrected chi connectivity index (χ2v) is 7.55. The lowest BCUT2D eigenvalue weighted by Gasteiger charge is -2.14. The molecule has 9 nitrogen and oxygen atoms in total. The Bertz CT molecular complexity index is 1660. The molecule has 2 aromatic carbocycles. The maximum Gasteiger partial charge on any atom is 0.332 e. The Balaban J connectivity index is 1.96. The molecule has 0 amide bonds. The maximum absolute atomic E-state index is 13.6. The van der Waals surface area contributed by atoms with Gasteiger partial charge in [0.05, 0.1) is 25.6 Å². The van der Waals surface area contributed by atoms with Crippen molar-refractivity contribution in [3.8, 4) is 28.4 Å². The molecule has 0 saturated carbocycles. The molecule has 3 heterocycles. The van der Waals surface area contributed by atoms with Gasteiger partial charge in [-0.15, -0.1) is 0 Å². The minimum Gasteiger partial charge on any atom is -0.497 e. The fraction of sp³-hybridized carbons (Fsp3) is 0.174. The molecule has 0 spiro atoms. The van der Waals surface area contributed by atoms with Crippen LogP contribution in [0.1, 0.15) is 0 Å². The fourth-order valence-corrected chi connectivity index (χ4v) is 4.00. The van der Waals surface area contributed by atoms with E-state index in [4.69, 9.17) is 9.47 Å². The van der Waals surface area contributed by atoms with Gasteiger partial charge in [-0.1, -0.05) is 0 Å². The van der Waals surface area contributed by atoms with Crippen LogP contribution in [-0.2, 0) is 14.1 Å². The summed E-state index contributed by atoms with van der Waals surface area (Å²) in [5, 5.41) is 0. The van der Waals surface area contributed by atoms with Crippen molar-refractivity contribution < 1.29 is 13.9 Å². The number of nitrogens with zero attached hydrogens (tertiary/aromatic N) is 5.